The molecule has 0 aliphatic carbocycles. The van der Waals surface area contributed by atoms with E-state index >= 15 is 0 Å². The zero-order valence-electron chi connectivity index (χ0n) is 11.9. The van der Waals surface area contributed by atoms with Crippen LogP contribution in [0.15, 0.2) is 45.6 Å². The Labute approximate surface area is 129 Å². The van der Waals surface area contributed by atoms with E-state index in [1.807, 2.05) is 18.2 Å². The Hall–Kier alpha value is -3.22. The number of aromatic amines is 1. The highest BCUT2D eigenvalue weighted by molar-refractivity contribution is 5.96. The van der Waals surface area contributed by atoms with Crippen molar-refractivity contribution in [3.8, 4) is 11.5 Å². The summed E-state index contributed by atoms with van der Waals surface area (Å²) >= 11 is 0. The van der Waals surface area contributed by atoms with Gasteiger partial charge in [0.1, 0.15) is 0 Å². The van der Waals surface area contributed by atoms with Crippen molar-refractivity contribution in [3.63, 3.8) is 0 Å². The van der Waals surface area contributed by atoms with Crippen molar-refractivity contribution < 1.29 is 18.7 Å². The summed E-state index contributed by atoms with van der Waals surface area (Å²) in [6, 6.07) is 10.3. The Morgan fingerprint density at radius 1 is 1.13 bits per heavy atom. The smallest absolute Gasteiger partial charge is 0.417 e. The van der Waals surface area contributed by atoms with Crippen molar-refractivity contribution in [1.82, 2.24) is 10.3 Å². The van der Waals surface area contributed by atoms with Crippen molar-refractivity contribution in [1.29, 1.82) is 0 Å². The first-order valence-electron chi connectivity index (χ1n) is 6.99. The Morgan fingerprint density at radius 3 is 2.91 bits per heavy atom. The highest BCUT2D eigenvalue weighted by Crippen LogP contribution is 2.32. The van der Waals surface area contributed by atoms with Gasteiger partial charge < -0.3 is 19.2 Å². The van der Waals surface area contributed by atoms with E-state index in [1.165, 1.54) is 6.07 Å². The van der Waals surface area contributed by atoms with E-state index in [9.17, 15) is 9.59 Å². The molecule has 4 rings (SSSR count). The largest absolute Gasteiger partial charge is 0.454 e. The van der Waals surface area contributed by atoms with Crippen LogP contribution in [0.1, 0.15) is 15.9 Å². The number of ether oxygens (including phenoxy) is 2. The highest BCUT2D eigenvalue weighted by atomic mass is 16.7. The maximum Gasteiger partial charge on any atom is 0.417 e. The average Bonchev–Trinajstić information content (AvgIpc) is 3.16. The Balaban J connectivity index is 1.49. The van der Waals surface area contributed by atoms with Crippen LogP contribution >= 0.6 is 0 Å². The van der Waals surface area contributed by atoms with Crippen LogP contribution in [0.25, 0.3) is 11.1 Å². The third kappa shape index (κ3) is 2.52. The van der Waals surface area contributed by atoms with Gasteiger partial charge in [-0.1, -0.05) is 6.07 Å². The van der Waals surface area contributed by atoms with E-state index in [0.717, 1.165) is 5.56 Å². The van der Waals surface area contributed by atoms with E-state index in [4.69, 9.17) is 13.9 Å². The second-order valence-corrected chi connectivity index (χ2v) is 5.10. The first-order valence-corrected chi connectivity index (χ1v) is 6.99. The molecule has 2 aromatic carbocycles. The van der Waals surface area contributed by atoms with Gasteiger partial charge in [0.2, 0.25) is 6.79 Å². The van der Waals surface area contributed by atoms with Crippen LogP contribution < -0.4 is 20.5 Å². The minimum Gasteiger partial charge on any atom is -0.454 e. The second kappa shape index (κ2) is 5.20. The maximum atomic E-state index is 12.2. The van der Waals surface area contributed by atoms with Crippen molar-refractivity contribution in [2.75, 3.05) is 6.79 Å². The fourth-order valence-corrected chi connectivity index (χ4v) is 2.42. The van der Waals surface area contributed by atoms with Gasteiger partial charge in [0, 0.05) is 12.1 Å². The van der Waals surface area contributed by atoms with Gasteiger partial charge in [0.15, 0.2) is 17.1 Å². The molecule has 2 N–H and O–H groups in total. The highest BCUT2D eigenvalue weighted by Gasteiger charge is 2.14. The summed E-state index contributed by atoms with van der Waals surface area (Å²) in [6.45, 7) is 0.567. The Morgan fingerprint density at radius 2 is 2.00 bits per heavy atom. The topological polar surface area (TPSA) is 93.6 Å². The van der Waals surface area contributed by atoms with Gasteiger partial charge >= 0.3 is 5.76 Å². The lowest BCUT2D eigenvalue weighted by atomic mass is 10.1. The number of amides is 1. The standard InChI is InChI=1S/C16H12N2O5/c19-15(10-2-3-11-13(6-10)23-16(20)18-11)17-7-9-1-4-12-14(5-9)22-8-21-12/h1-6H,7-8H2,(H,17,19)(H,18,20). The average molecular weight is 312 g/mol. The number of rotatable bonds is 3. The van der Waals surface area contributed by atoms with Crippen LogP contribution in [0.5, 0.6) is 11.5 Å². The summed E-state index contributed by atoms with van der Waals surface area (Å²) in [7, 11) is 0. The monoisotopic (exact) mass is 312 g/mol. The molecular weight excluding hydrogens is 300 g/mol. The van der Waals surface area contributed by atoms with E-state index in [1.54, 1.807) is 12.1 Å². The SMILES string of the molecule is O=C(NCc1ccc2c(c1)OCO2)c1ccc2[nH]c(=O)oc2c1. The molecule has 7 nitrogen and oxygen atoms in total. The quantitative estimate of drug-likeness (QED) is 0.769. The van der Waals surface area contributed by atoms with Gasteiger partial charge in [0.05, 0.1) is 5.52 Å². The zero-order chi connectivity index (χ0) is 15.8. The van der Waals surface area contributed by atoms with E-state index in [-0.39, 0.29) is 12.7 Å². The number of nitrogens with one attached hydrogen (secondary N) is 2. The molecule has 1 amide bonds. The number of carbonyl (C=O) groups excluding carboxylic acids is 1. The second-order valence-electron chi connectivity index (χ2n) is 5.10. The fourth-order valence-electron chi connectivity index (χ4n) is 2.42. The van der Waals surface area contributed by atoms with Crippen LogP contribution in [0.3, 0.4) is 0 Å². The molecule has 0 saturated heterocycles. The van der Waals surface area contributed by atoms with Gasteiger partial charge in [-0.2, -0.15) is 0 Å². The van der Waals surface area contributed by atoms with Crippen LogP contribution in [0.2, 0.25) is 0 Å². The number of aromatic nitrogens is 1. The number of fused-ring (bicyclic) bond motifs is 2. The molecule has 1 aromatic heterocycles. The predicted octanol–water partition coefficient (Wildman–Crippen LogP) is 1.78. The van der Waals surface area contributed by atoms with Gasteiger partial charge in [-0.15, -0.1) is 0 Å². The summed E-state index contributed by atoms with van der Waals surface area (Å²) < 4.78 is 15.5. The Kier molecular flexibility index (Phi) is 3.04. The molecule has 2 heterocycles. The lowest BCUT2D eigenvalue weighted by Gasteiger charge is -2.06. The van der Waals surface area contributed by atoms with Crippen LogP contribution in [0, 0.1) is 0 Å². The van der Waals surface area contributed by atoms with E-state index < -0.39 is 5.76 Å². The summed E-state index contributed by atoms with van der Waals surface area (Å²) in [5, 5.41) is 2.81. The van der Waals surface area contributed by atoms with Gasteiger partial charge in [-0.25, -0.2) is 4.79 Å². The first kappa shape index (κ1) is 13.4. The number of H-pyrrole nitrogens is 1. The number of hydrogen-bond donors (Lipinski definition) is 2. The molecule has 0 radical (unpaired) electrons. The molecule has 0 saturated carbocycles. The van der Waals surface area contributed by atoms with Gasteiger partial charge in [0.25, 0.3) is 5.91 Å². The molecule has 1 aliphatic heterocycles. The fraction of sp³-hybridized carbons (Fsp3) is 0.125. The number of hydrogen-bond acceptors (Lipinski definition) is 5. The molecule has 0 unspecified atom stereocenters. The molecule has 0 bridgehead atoms. The summed E-state index contributed by atoms with van der Waals surface area (Å²) in [5.41, 5.74) is 2.23. The van der Waals surface area contributed by atoms with Crippen molar-refractivity contribution >= 4 is 17.0 Å². The lowest BCUT2D eigenvalue weighted by molar-refractivity contribution is 0.0951. The maximum absolute atomic E-state index is 12.2. The Bertz CT molecular complexity index is 957. The third-order valence-corrected chi connectivity index (χ3v) is 3.57. The predicted molar refractivity (Wildman–Crippen MR) is 80.6 cm³/mol. The van der Waals surface area contributed by atoms with Crippen LogP contribution in [-0.4, -0.2) is 17.7 Å². The first-order chi connectivity index (χ1) is 11.2. The minimum atomic E-state index is -0.544. The normalized spacial score (nSPS) is 12.5. The van der Waals surface area contributed by atoms with Crippen molar-refractivity contribution in [3.05, 3.63) is 58.1 Å². The number of carbonyl (C=O) groups is 1. The molecule has 3 aromatic rings. The third-order valence-electron chi connectivity index (χ3n) is 3.57. The van der Waals surface area contributed by atoms with Crippen molar-refractivity contribution in [2.45, 2.75) is 6.54 Å². The lowest BCUT2D eigenvalue weighted by Crippen LogP contribution is -2.22. The molecule has 0 atom stereocenters. The van der Waals surface area contributed by atoms with E-state index in [2.05, 4.69) is 10.3 Å². The molecule has 7 heteroatoms. The summed E-state index contributed by atoms with van der Waals surface area (Å²) in [6.07, 6.45) is 0. The minimum absolute atomic E-state index is 0.215. The molecule has 0 fully saturated rings. The number of oxazole rings is 1. The molecular formula is C16H12N2O5. The van der Waals surface area contributed by atoms with Crippen molar-refractivity contribution in [2.24, 2.45) is 0 Å². The van der Waals surface area contributed by atoms with E-state index in [0.29, 0.717) is 34.7 Å². The number of benzene rings is 2. The van der Waals surface area contributed by atoms with Gasteiger partial charge in [-0.05, 0) is 35.9 Å². The molecule has 23 heavy (non-hydrogen) atoms. The van der Waals surface area contributed by atoms with Gasteiger partial charge in [-0.3, -0.25) is 9.78 Å². The summed E-state index contributed by atoms with van der Waals surface area (Å²) in [4.78, 5) is 25.9. The molecule has 1 aliphatic rings. The molecule has 116 valence electrons. The molecule has 0 spiro atoms. The van der Waals surface area contributed by atoms with Crippen LogP contribution in [-0.2, 0) is 6.54 Å². The van der Waals surface area contributed by atoms with Crippen LogP contribution in [0.4, 0.5) is 0 Å². The summed E-state index contributed by atoms with van der Waals surface area (Å²) in [5.74, 6) is 0.576. The zero-order valence-corrected chi connectivity index (χ0v) is 11.9.